The zero-order valence-electron chi connectivity index (χ0n) is 12.7. The smallest absolute Gasteiger partial charge is 0.248 e. The largest absolute Gasteiger partial charge is 0.396 e. The highest BCUT2D eigenvalue weighted by Gasteiger charge is 2.27. The molecule has 3 N–H and O–H groups in total. The van der Waals surface area contributed by atoms with Crippen LogP contribution in [0.4, 0.5) is 8.78 Å². The zero-order chi connectivity index (χ0) is 16.5. The molecule has 7 heteroatoms. The summed E-state index contributed by atoms with van der Waals surface area (Å²) >= 11 is 1.44. The van der Waals surface area contributed by atoms with Crippen LogP contribution < -0.4 is 10.6 Å². The lowest BCUT2D eigenvalue weighted by Gasteiger charge is -2.21. The quantitative estimate of drug-likeness (QED) is 0.774. The van der Waals surface area contributed by atoms with Crippen LogP contribution in [0.25, 0.3) is 0 Å². The molecule has 0 saturated carbocycles. The van der Waals surface area contributed by atoms with Gasteiger partial charge in [0.25, 0.3) is 0 Å². The number of amides is 1. The van der Waals surface area contributed by atoms with Crippen LogP contribution in [0.1, 0.15) is 31.9 Å². The molecule has 1 fully saturated rings. The molecule has 1 heterocycles. The van der Waals surface area contributed by atoms with Crippen molar-refractivity contribution in [3.05, 3.63) is 35.4 Å². The normalized spacial score (nSPS) is 18.3. The maximum atomic E-state index is 13.8. The molecule has 0 radical (unpaired) electrons. The number of carbonyl (C=O) groups excluding carboxylic acids is 1. The van der Waals surface area contributed by atoms with E-state index in [1.165, 1.54) is 17.8 Å². The van der Waals surface area contributed by atoms with Crippen molar-refractivity contribution in [3.63, 3.8) is 0 Å². The molecular formula is C15H22F2N2O2S. The fourth-order valence-electron chi connectivity index (χ4n) is 2.10. The van der Waals surface area contributed by atoms with E-state index in [0.717, 1.165) is 24.4 Å². The van der Waals surface area contributed by atoms with E-state index in [1.807, 2.05) is 13.8 Å². The molecular weight excluding hydrogens is 310 g/mol. The van der Waals surface area contributed by atoms with Crippen LogP contribution in [0.3, 0.4) is 0 Å². The third kappa shape index (κ3) is 4.93. The maximum absolute atomic E-state index is 13.8. The van der Waals surface area contributed by atoms with Crippen molar-refractivity contribution in [3.8, 4) is 0 Å². The van der Waals surface area contributed by atoms with Gasteiger partial charge in [-0.25, -0.2) is 8.78 Å². The lowest BCUT2D eigenvalue weighted by molar-refractivity contribution is -0.121. The van der Waals surface area contributed by atoms with Crippen LogP contribution in [0.5, 0.6) is 0 Å². The number of thioether (sulfide) groups is 1. The molecule has 22 heavy (non-hydrogen) atoms. The Bertz CT molecular complexity index is 462. The summed E-state index contributed by atoms with van der Waals surface area (Å²) in [6.45, 7) is 4.45. The minimum atomic E-state index is -0.878. The highest BCUT2D eigenvalue weighted by atomic mass is 32.2. The number of rotatable bonds is 5. The predicted octanol–water partition coefficient (Wildman–Crippen LogP) is 2.19. The highest BCUT2D eigenvalue weighted by molar-refractivity contribution is 8.00. The van der Waals surface area contributed by atoms with E-state index < -0.39 is 23.1 Å². The van der Waals surface area contributed by atoms with Crippen LogP contribution >= 0.6 is 11.8 Å². The number of hydrogen-bond donors (Lipinski definition) is 3. The first kappa shape index (κ1) is 18.9. The van der Waals surface area contributed by atoms with Crippen LogP contribution in [0.2, 0.25) is 0 Å². The van der Waals surface area contributed by atoms with Gasteiger partial charge in [-0.2, -0.15) is 0 Å². The molecule has 1 aliphatic heterocycles. The second-order valence-electron chi connectivity index (χ2n) is 4.41. The van der Waals surface area contributed by atoms with Crippen molar-refractivity contribution < 1.29 is 18.7 Å². The van der Waals surface area contributed by atoms with E-state index in [0.29, 0.717) is 0 Å². The van der Waals surface area contributed by atoms with Crippen molar-refractivity contribution in [2.45, 2.75) is 31.7 Å². The number of aliphatic hydroxyl groups is 1. The molecule has 4 nitrogen and oxygen atoms in total. The van der Waals surface area contributed by atoms with Gasteiger partial charge in [-0.3, -0.25) is 10.1 Å². The Morgan fingerprint density at radius 1 is 1.45 bits per heavy atom. The Hall–Kier alpha value is -1.18. The Labute approximate surface area is 133 Å². The highest BCUT2D eigenvalue weighted by Crippen LogP contribution is 2.24. The van der Waals surface area contributed by atoms with Gasteiger partial charge in [0.15, 0.2) is 0 Å². The molecule has 2 atom stereocenters. The van der Waals surface area contributed by atoms with E-state index in [2.05, 4.69) is 10.6 Å². The lowest BCUT2D eigenvalue weighted by atomic mass is 10.0. The molecule has 1 saturated heterocycles. The molecule has 1 amide bonds. The summed E-state index contributed by atoms with van der Waals surface area (Å²) in [5, 5.41) is 14.2. The van der Waals surface area contributed by atoms with Gasteiger partial charge in [-0.1, -0.05) is 19.9 Å². The van der Waals surface area contributed by atoms with Crippen LogP contribution in [-0.4, -0.2) is 35.3 Å². The van der Waals surface area contributed by atoms with E-state index in [-0.39, 0.29) is 24.5 Å². The fraction of sp³-hybridized carbons (Fsp3) is 0.533. The molecule has 0 spiro atoms. The van der Waals surface area contributed by atoms with Crippen molar-refractivity contribution in [1.82, 2.24) is 10.6 Å². The molecule has 0 aliphatic carbocycles. The monoisotopic (exact) mass is 332 g/mol. The van der Waals surface area contributed by atoms with Crippen LogP contribution in [0.15, 0.2) is 18.2 Å². The SMILES string of the molecule is CC.O=C(NC(CCO)c1c(F)cccc1F)C1NCCS1. The lowest BCUT2D eigenvalue weighted by Crippen LogP contribution is -2.41. The zero-order valence-corrected chi connectivity index (χ0v) is 13.6. The van der Waals surface area contributed by atoms with Crippen LogP contribution in [0, 0.1) is 11.6 Å². The summed E-state index contributed by atoms with van der Waals surface area (Å²) in [6, 6.07) is 2.66. The Morgan fingerprint density at radius 3 is 2.59 bits per heavy atom. The van der Waals surface area contributed by atoms with Gasteiger partial charge in [0.05, 0.1) is 6.04 Å². The number of carbonyl (C=O) groups is 1. The molecule has 2 unspecified atom stereocenters. The molecule has 124 valence electrons. The standard InChI is InChI=1S/C13H16F2N2O2S.C2H6/c14-8-2-1-3-9(15)11(8)10(4-6-18)17-12(19)13-16-5-7-20-13;1-2/h1-3,10,13,16,18H,4-7H2,(H,17,19);1-2H3. The molecule has 0 aromatic heterocycles. The number of hydrogen-bond acceptors (Lipinski definition) is 4. The molecule has 2 rings (SSSR count). The molecule has 0 bridgehead atoms. The van der Waals surface area contributed by atoms with E-state index in [1.54, 1.807) is 0 Å². The molecule has 1 aromatic carbocycles. The summed E-state index contributed by atoms with van der Waals surface area (Å²) in [4.78, 5) is 12.0. The molecule has 1 aromatic rings. The summed E-state index contributed by atoms with van der Waals surface area (Å²) in [6.07, 6.45) is 0.0565. The number of aliphatic hydroxyl groups excluding tert-OH is 1. The second-order valence-corrected chi connectivity index (χ2v) is 5.63. The summed E-state index contributed by atoms with van der Waals surface area (Å²) < 4.78 is 27.5. The van der Waals surface area contributed by atoms with E-state index in [4.69, 9.17) is 5.11 Å². The maximum Gasteiger partial charge on any atom is 0.248 e. The van der Waals surface area contributed by atoms with Gasteiger partial charge in [-0.05, 0) is 18.6 Å². The van der Waals surface area contributed by atoms with Crippen molar-refractivity contribution in [2.24, 2.45) is 0 Å². The van der Waals surface area contributed by atoms with Gasteiger partial charge in [0.1, 0.15) is 17.0 Å². The summed E-state index contributed by atoms with van der Waals surface area (Å²) in [5.41, 5.74) is -0.210. The average Bonchev–Trinajstić information content (AvgIpc) is 3.03. The van der Waals surface area contributed by atoms with E-state index >= 15 is 0 Å². The first-order valence-corrected chi connectivity index (χ1v) is 8.38. The number of benzene rings is 1. The van der Waals surface area contributed by atoms with Crippen LogP contribution in [-0.2, 0) is 4.79 Å². The third-order valence-corrected chi connectivity index (χ3v) is 4.19. The summed E-state index contributed by atoms with van der Waals surface area (Å²) in [7, 11) is 0. The Morgan fingerprint density at radius 2 is 2.09 bits per heavy atom. The first-order valence-electron chi connectivity index (χ1n) is 7.33. The van der Waals surface area contributed by atoms with Crippen molar-refractivity contribution in [1.29, 1.82) is 0 Å². The van der Waals surface area contributed by atoms with Crippen molar-refractivity contribution >= 4 is 17.7 Å². The average molecular weight is 332 g/mol. The van der Waals surface area contributed by atoms with Gasteiger partial charge >= 0.3 is 0 Å². The first-order chi connectivity index (χ1) is 10.6. The van der Waals surface area contributed by atoms with Gasteiger partial charge in [0, 0.05) is 24.5 Å². The van der Waals surface area contributed by atoms with E-state index in [9.17, 15) is 13.6 Å². The van der Waals surface area contributed by atoms with Gasteiger partial charge < -0.3 is 10.4 Å². The Kier molecular flexibility index (Phi) is 8.37. The minimum absolute atomic E-state index is 0.0565. The number of nitrogens with one attached hydrogen (secondary N) is 2. The topological polar surface area (TPSA) is 61.4 Å². The Balaban J connectivity index is 0.00000116. The van der Waals surface area contributed by atoms with Crippen molar-refractivity contribution in [2.75, 3.05) is 18.9 Å². The second kappa shape index (κ2) is 9.76. The minimum Gasteiger partial charge on any atom is -0.396 e. The third-order valence-electron chi connectivity index (χ3n) is 3.04. The molecule has 1 aliphatic rings. The number of halogens is 2. The summed E-state index contributed by atoms with van der Waals surface area (Å²) in [5.74, 6) is -0.961. The van der Waals surface area contributed by atoms with Gasteiger partial charge in [0.2, 0.25) is 5.91 Å². The van der Waals surface area contributed by atoms with Gasteiger partial charge in [-0.15, -0.1) is 11.8 Å². The predicted molar refractivity (Wildman–Crippen MR) is 84.5 cm³/mol. The fourth-order valence-corrected chi connectivity index (χ4v) is 3.03.